The predicted molar refractivity (Wildman–Crippen MR) is 97.4 cm³/mol. The first-order chi connectivity index (χ1) is 11.8. The van der Waals surface area contributed by atoms with Crippen molar-refractivity contribution in [3.63, 3.8) is 0 Å². The lowest BCUT2D eigenvalue weighted by molar-refractivity contribution is 0.0935. The summed E-state index contributed by atoms with van der Waals surface area (Å²) in [5, 5.41) is 4.19. The number of rotatable bonds is 3. The molecule has 0 radical (unpaired) electrons. The smallest absolute Gasteiger partial charge is 0.253 e. The molecule has 1 saturated heterocycles. The van der Waals surface area contributed by atoms with Gasteiger partial charge in [0.05, 0.1) is 5.56 Å². The molecule has 1 aromatic heterocycles. The molecule has 0 aliphatic carbocycles. The maximum Gasteiger partial charge on any atom is 0.253 e. The molecule has 2 aromatic carbocycles. The Hall–Kier alpha value is -2.75. The number of benzene rings is 2. The Balaban J connectivity index is 1.47. The first-order valence-electron chi connectivity index (χ1n) is 8.48. The van der Waals surface area contributed by atoms with E-state index in [4.69, 9.17) is 0 Å². The lowest BCUT2D eigenvalue weighted by atomic mass is 10.0. The molecule has 1 aliphatic heterocycles. The summed E-state index contributed by atoms with van der Waals surface area (Å²) in [5.41, 5.74) is 2.95. The van der Waals surface area contributed by atoms with Gasteiger partial charge in [-0.2, -0.15) is 0 Å². The fourth-order valence-electron chi connectivity index (χ4n) is 3.49. The van der Waals surface area contributed by atoms with Crippen molar-refractivity contribution in [2.45, 2.75) is 18.9 Å². The van der Waals surface area contributed by atoms with Crippen molar-refractivity contribution in [1.82, 2.24) is 10.3 Å². The van der Waals surface area contributed by atoms with Crippen LogP contribution < -0.4 is 10.2 Å². The molecule has 24 heavy (non-hydrogen) atoms. The molecule has 2 heterocycles. The number of carbonyl (C=O) groups is 1. The Morgan fingerprint density at radius 2 is 1.88 bits per heavy atom. The topological polar surface area (TPSA) is 48.1 Å². The Labute approximate surface area is 141 Å². The van der Waals surface area contributed by atoms with Crippen LogP contribution >= 0.6 is 0 Å². The van der Waals surface area contributed by atoms with Gasteiger partial charge in [-0.05, 0) is 31.0 Å². The van der Waals surface area contributed by atoms with Crippen molar-refractivity contribution in [3.05, 3.63) is 66.4 Å². The molecular weight excluding hydrogens is 298 g/mol. The van der Waals surface area contributed by atoms with Crippen LogP contribution in [0.4, 0.5) is 5.69 Å². The Kier molecular flexibility index (Phi) is 3.95. The number of aromatic nitrogens is 1. The third-order valence-corrected chi connectivity index (χ3v) is 4.71. The second kappa shape index (κ2) is 6.40. The Morgan fingerprint density at radius 3 is 2.75 bits per heavy atom. The number of hydrogen-bond acceptors (Lipinski definition) is 2. The zero-order valence-corrected chi connectivity index (χ0v) is 13.5. The molecule has 4 nitrogen and oxygen atoms in total. The average molecular weight is 319 g/mol. The van der Waals surface area contributed by atoms with E-state index in [-0.39, 0.29) is 11.9 Å². The van der Waals surface area contributed by atoms with E-state index >= 15 is 0 Å². The summed E-state index contributed by atoms with van der Waals surface area (Å²) in [6.07, 6.45) is 3.92. The van der Waals surface area contributed by atoms with E-state index in [0.717, 1.165) is 42.4 Å². The summed E-state index contributed by atoms with van der Waals surface area (Å²) >= 11 is 0. The minimum Gasteiger partial charge on any atom is -0.369 e. The maximum absolute atomic E-state index is 12.7. The number of H-pyrrole nitrogens is 1. The van der Waals surface area contributed by atoms with Gasteiger partial charge < -0.3 is 15.2 Å². The van der Waals surface area contributed by atoms with E-state index in [0.29, 0.717) is 0 Å². The van der Waals surface area contributed by atoms with Gasteiger partial charge in [-0.25, -0.2) is 0 Å². The largest absolute Gasteiger partial charge is 0.369 e. The maximum atomic E-state index is 12.7. The summed E-state index contributed by atoms with van der Waals surface area (Å²) in [6.45, 7) is 1.90. The van der Waals surface area contributed by atoms with Crippen molar-refractivity contribution >= 4 is 22.5 Å². The van der Waals surface area contributed by atoms with Crippen molar-refractivity contribution in [2.24, 2.45) is 0 Å². The predicted octanol–water partition coefficient (Wildman–Crippen LogP) is 3.57. The summed E-state index contributed by atoms with van der Waals surface area (Å²) in [6, 6.07) is 18.5. The fourth-order valence-corrected chi connectivity index (χ4v) is 3.49. The molecule has 4 rings (SSSR count). The molecule has 0 unspecified atom stereocenters. The zero-order chi connectivity index (χ0) is 16.4. The number of piperidine rings is 1. The monoisotopic (exact) mass is 319 g/mol. The third-order valence-electron chi connectivity index (χ3n) is 4.71. The first kappa shape index (κ1) is 14.8. The highest BCUT2D eigenvalue weighted by Gasteiger charge is 2.23. The average Bonchev–Trinajstić information content (AvgIpc) is 3.07. The second-order valence-corrected chi connectivity index (χ2v) is 6.34. The van der Waals surface area contributed by atoms with E-state index in [1.54, 1.807) is 6.20 Å². The molecule has 1 atom stereocenters. The van der Waals surface area contributed by atoms with E-state index in [2.05, 4.69) is 39.5 Å². The lowest BCUT2D eigenvalue weighted by Crippen LogP contribution is -2.47. The first-order valence-corrected chi connectivity index (χ1v) is 8.48. The molecule has 0 saturated carbocycles. The van der Waals surface area contributed by atoms with Gasteiger partial charge in [0.1, 0.15) is 0 Å². The van der Waals surface area contributed by atoms with Gasteiger partial charge in [0.2, 0.25) is 0 Å². The Bertz CT molecular complexity index is 840. The highest BCUT2D eigenvalue weighted by molar-refractivity contribution is 6.06. The molecule has 4 heteroatoms. The van der Waals surface area contributed by atoms with Gasteiger partial charge in [-0.15, -0.1) is 0 Å². The molecule has 0 bridgehead atoms. The standard InChI is InChI=1S/C20H21N3O/c24-20(18-13-21-19-11-5-4-10-17(18)19)22-15-7-6-12-23(14-15)16-8-2-1-3-9-16/h1-5,8-11,13,15,21H,6-7,12,14H2,(H,22,24)/t15-/m0/s1. The minimum atomic E-state index is 0.00682. The number of anilines is 1. The minimum absolute atomic E-state index is 0.00682. The number of nitrogens with zero attached hydrogens (tertiary/aromatic N) is 1. The SMILES string of the molecule is O=C(N[C@H]1CCCN(c2ccccc2)C1)c1c[nH]c2ccccc12. The molecule has 2 N–H and O–H groups in total. The number of para-hydroxylation sites is 2. The zero-order valence-electron chi connectivity index (χ0n) is 13.5. The quantitative estimate of drug-likeness (QED) is 0.775. The van der Waals surface area contributed by atoms with Crippen LogP contribution in [0.5, 0.6) is 0 Å². The molecule has 122 valence electrons. The second-order valence-electron chi connectivity index (χ2n) is 6.34. The van der Waals surface area contributed by atoms with Crippen LogP contribution in [0.25, 0.3) is 10.9 Å². The third kappa shape index (κ3) is 2.87. The van der Waals surface area contributed by atoms with Gasteiger partial charge in [0.15, 0.2) is 0 Å². The van der Waals surface area contributed by atoms with E-state index in [9.17, 15) is 4.79 Å². The number of carbonyl (C=O) groups excluding carboxylic acids is 1. The van der Waals surface area contributed by atoms with Gasteiger partial charge in [0, 0.05) is 41.9 Å². The van der Waals surface area contributed by atoms with Crippen LogP contribution in [0.15, 0.2) is 60.8 Å². The number of amides is 1. The van der Waals surface area contributed by atoms with Gasteiger partial charge in [-0.1, -0.05) is 36.4 Å². The number of aromatic amines is 1. The van der Waals surface area contributed by atoms with E-state index < -0.39 is 0 Å². The molecule has 1 aliphatic rings. The van der Waals surface area contributed by atoms with Gasteiger partial charge >= 0.3 is 0 Å². The van der Waals surface area contributed by atoms with Crippen LogP contribution in [0, 0.1) is 0 Å². The van der Waals surface area contributed by atoms with Gasteiger partial charge in [0.25, 0.3) is 5.91 Å². The molecular formula is C20H21N3O. The van der Waals surface area contributed by atoms with E-state index in [1.165, 1.54) is 5.69 Å². The molecule has 0 spiro atoms. The molecule has 3 aromatic rings. The number of hydrogen-bond donors (Lipinski definition) is 2. The van der Waals surface area contributed by atoms with Crippen molar-refractivity contribution in [3.8, 4) is 0 Å². The number of fused-ring (bicyclic) bond motifs is 1. The summed E-state index contributed by atoms with van der Waals surface area (Å²) in [7, 11) is 0. The van der Waals surface area contributed by atoms with Crippen LogP contribution in [0.3, 0.4) is 0 Å². The van der Waals surface area contributed by atoms with Crippen molar-refractivity contribution in [2.75, 3.05) is 18.0 Å². The normalized spacial score (nSPS) is 17.8. The van der Waals surface area contributed by atoms with Crippen LogP contribution in [0.1, 0.15) is 23.2 Å². The summed E-state index contributed by atoms with van der Waals surface area (Å²) in [4.78, 5) is 18.2. The summed E-state index contributed by atoms with van der Waals surface area (Å²) < 4.78 is 0. The molecule has 1 amide bonds. The summed E-state index contributed by atoms with van der Waals surface area (Å²) in [5.74, 6) is 0.00682. The number of nitrogens with one attached hydrogen (secondary N) is 2. The highest BCUT2D eigenvalue weighted by atomic mass is 16.1. The molecule has 1 fully saturated rings. The van der Waals surface area contributed by atoms with Crippen LogP contribution in [0.2, 0.25) is 0 Å². The highest BCUT2D eigenvalue weighted by Crippen LogP contribution is 2.21. The van der Waals surface area contributed by atoms with Crippen LogP contribution in [-0.2, 0) is 0 Å². The van der Waals surface area contributed by atoms with E-state index in [1.807, 2.05) is 30.3 Å². The van der Waals surface area contributed by atoms with Crippen molar-refractivity contribution < 1.29 is 4.79 Å². The lowest BCUT2D eigenvalue weighted by Gasteiger charge is -2.34. The fraction of sp³-hybridized carbons (Fsp3) is 0.250. The van der Waals surface area contributed by atoms with Crippen LogP contribution in [-0.4, -0.2) is 30.0 Å². The van der Waals surface area contributed by atoms with Crippen molar-refractivity contribution in [1.29, 1.82) is 0 Å². The Morgan fingerprint density at radius 1 is 1.08 bits per heavy atom. The van der Waals surface area contributed by atoms with Gasteiger partial charge in [-0.3, -0.25) is 4.79 Å².